The fourth-order valence-electron chi connectivity index (χ4n) is 4.10. The minimum atomic E-state index is 1.16. The highest BCUT2D eigenvalue weighted by atomic mass is 127. The van der Waals surface area contributed by atoms with Gasteiger partial charge in [-0.1, -0.05) is 54.6 Å². The van der Waals surface area contributed by atoms with Crippen LogP contribution in [0, 0.1) is 0 Å². The number of rotatable bonds is 1. The fraction of sp³-hybridized carbons (Fsp3) is 0.167. The smallest absolute Gasteiger partial charge is 0.00847 e. The van der Waals surface area contributed by atoms with Gasteiger partial charge in [-0.25, -0.2) is 0 Å². The van der Waals surface area contributed by atoms with Crippen LogP contribution in [0.2, 0.25) is 0 Å². The molecule has 0 N–H and O–H groups in total. The molecule has 0 radical (unpaired) electrons. The third-order valence-electron chi connectivity index (χ3n) is 5.45. The second-order valence-corrected chi connectivity index (χ2v) is 8.40. The number of aryl methyl sites for hydroxylation is 2. The van der Waals surface area contributed by atoms with Crippen molar-refractivity contribution in [2.24, 2.45) is 0 Å². The summed E-state index contributed by atoms with van der Waals surface area (Å²) in [6.45, 7) is 0. The standard InChI is InChI=1S/C24H19I/c25-22-11-9-18-13-17(6-7-20(18)15-22)19-10-12-24-21(14-19)8-5-16-3-1-2-4-23(16)24/h1,3,5-8,10,12-15H,2,4,9,11H2. The molecule has 0 bridgehead atoms. The van der Waals surface area contributed by atoms with E-state index >= 15 is 0 Å². The van der Waals surface area contributed by atoms with Crippen LogP contribution < -0.4 is 0 Å². The molecule has 0 nitrogen and oxygen atoms in total. The minimum absolute atomic E-state index is 1.16. The normalized spacial score (nSPS) is 15.6. The van der Waals surface area contributed by atoms with Crippen molar-refractivity contribution in [1.29, 1.82) is 0 Å². The molecule has 0 saturated heterocycles. The largest absolute Gasteiger partial charge is 0.0836 e. The zero-order chi connectivity index (χ0) is 16.8. The van der Waals surface area contributed by atoms with Gasteiger partial charge in [0.05, 0.1) is 0 Å². The van der Waals surface area contributed by atoms with E-state index in [-0.39, 0.29) is 0 Å². The van der Waals surface area contributed by atoms with Crippen LogP contribution in [0.5, 0.6) is 0 Å². The van der Waals surface area contributed by atoms with Crippen LogP contribution in [0.3, 0.4) is 0 Å². The Morgan fingerprint density at radius 3 is 2.56 bits per heavy atom. The maximum absolute atomic E-state index is 2.46. The van der Waals surface area contributed by atoms with Crippen LogP contribution >= 0.6 is 22.6 Å². The third-order valence-corrected chi connectivity index (χ3v) is 6.30. The van der Waals surface area contributed by atoms with E-state index in [1.807, 2.05) is 0 Å². The molecule has 3 aromatic carbocycles. The molecule has 5 rings (SSSR count). The number of halogens is 1. The van der Waals surface area contributed by atoms with Crippen LogP contribution in [0.1, 0.15) is 35.1 Å². The van der Waals surface area contributed by atoms with Crippen LogP contribution in [-0.2, 0) is 12.8 Å². The lowest BCUT2D eigenvalue weighted by molar-refractivity contribution is 0.981. The van der Waals surface area contributed by atoms with Crippen molar-refractivity contribution in [2.45, 2.75) is 25.7 Å². The second-order valence-electron chi connectivity index (χ2n) is 7.02. The molecule has 2 aliphatic carbocycles. The van der Waals surface area contributed by atoms with Gasteiger partial charge in [0.1, 0.15) is 0 Å². The Bertz CT molecular complexity index is 1050. The highest BCUT2D eigenvalue weighted by Crippen LogP contribution is 2.34. The Hall–Kier alpha value is -1.87. The first-order chi connectivity index (χ1) is 12.3. The van der Waals surface area contributed by atoms with Gasteiger partial charge in [0.2, 0.25) is 0 Å². The van der Waals surface area contributed by atoms with Crippen molar-refractivity contribution in [3.05, 3.63) is 80.4 Å². The monoisotopic (exact) mass is 434 g/mol. The number of benzene rings is 3. The summed E-state index contributed by atoms with van der Waals surface area (Å²) in [7, 11) is 0. The van der Waals surface area contributed by atoms with Gasteiger partial charge in [-0.2, -0.15) is 0 Å². The molecular formula is C24H19I. The molecule has 122 valence electrons. The maximum atomic E-state index is 2.46. The van der Waals surface area contributed by atoms with E-state index in [2.05, 4.69) is 89.3 Å². The summed E-state index contributed by atoms with van der Waals surface area (Å²) in [5, 5.41) is 2.78. The van der Waals surface area contributed by atoms with Gasteiger partial charge in [-0.15, -0.1) is 0 Å². The predicted octanol–water partition coefficient (Wildman–Crippen LogP) is 7.19. The van der Waals surface area contributed by atoms with Crippen molar-refractivity contribution in [3.8, 4) is 11.1 Å². The van der Waals surface area contributed by atoms with E-state index in [0.29, 0.717) is 0 Å². The lowest BCUT2D eigenvalue weighted by atomic mass is 9.89. The molecule has 2 aliphatic rings. The van der Waals surface area contributed by atoms with Crippen molar-refractivity contribution in [2.75, 3.05) is 0 Å². The molecule has 0 aliphatic heterocycles. The average Bonchev–Trinajstić information content (AvgIpc) is 2.67. The summed E-state index contributed by atoms with van der Waals surface area (Å²) in [6, 6.07) is 18.5. The molecule has 0 heterocycles. The van der Waals surface area contributed by atoms with E-state index in [1.54, 1.807) is 0 Å². The van der Waals surface area contributed by atoms with Gasteiger partial charge in [0.25, 0.3) is 0 Å². The molecule has 0 atom stereocenters. The quantitative estimate of drug-likeness (QED) is 0.356. The predicted molar refractivity (Wildman–Crippen MR) is 117 cm³/mol. The first-order valence-electron chi connectivity index (χ1n) is 8.99. The van der Waals surface area contributed by atoms with Gasteiger partial charge in [0, 0.05) is 0 Å². The molecule has 0 spiro atoms. The molecule has 0 fully saturated rings. The molecule has 0 amide bonds. The first-order valence-corrected chi connectivity index (χ1v) is 10.1. The van der Waals surface area contributed by atoms with Crippen molar-refractivity contribution < 1.29 is 0 Å². The van der Waals surface area contributed by atoms with Crippen LogP contribution in [0.15, 0.2) is 58.2 Å². The number of fused-ring (bicyclic) bond motifs is 4. The molecule has 3 aromatic rings. The lowest BCUT2D eigenvalue weighted by Gasteiger charge is -2.16. The Kier molecular flexibility index (Phi) is 3.78. The lowest BCUT2D eigenvalue weighted by Crippen LogP contribution is -1.97. The van der Waals surface area contributed by atoms with Crippen LogP contribution in [0.4, 0.5) is 0 Å². The number of hydrogen-bond donors (Lipinski definition) is 0. The molecular weight excluding hydrogens is 415 g/mol. The van der Waals surface area contributed by atoms with E-state index in [4.69, 9.17) is 0 Å². The summed E-state index contributed by atoms with van der Waals surface area (Å²) in [5.74, 6) is 0. The molecule has 25 heavy (non-hydrogen) atoms. The summed E-state index contributed by atoms with van der Waals surface area (Å²) < 4.78 is 1.46. The van der Waals surface area contributed by atoms with Crippen molar-refractivity contribution in [1.82, 2.24) is 0 Å². The van der Waals surface area contributed by atoms with Crippen molar-refractivity contribution >= 4 is 45.5 Å². The highest BCUT2D eigenvalue weighted by molar-refractivity contribution is 14.1. The Morgan fingerprint density at radius 2 is 1.60 bits per heavy atom. The summed E-state index contributed by atoms with van der Waals surface area (Å²) in [4.78, 5) is 0. The summed E-state index contributed by atoms with van der Waals surface area (Å²) in [5.41, 5.74) is 8.43. The minimum Gasteiger partial charge on any atom is -0.0836 e. The summed E-state index contributed by atoms with van der Waals surface area (Å²) in [6.07, 6.45) is 11.5. The molecule has 0 saturated carbocycles. The maximum Gasteiger partial charge on any atom is -0.00847 e. The zero-order valence-corrected chi connectivity index (χ0v) is 16.2. The van der Waals surface area contributed by atoms with Crippen LogP contribution in [0.25, 0.3) is 34.1 Å². The van der Waals surface area contributed by atoms with Crippen LogP contribution in [-0.4, -0.2) is 0 Å². The van der Waals surface area contributed by atoms with Gasteiger partial charge in [-0.05, 0) is 108 Å². The van der Waals surface area contributed by atoms with Gasteiger partial charge in [0.15, 0.2) is 0 Å². The number of hydrogen-bond acceptors (Lipinski definition) is 0. The highest BCUT2D eigenvalue weighted by Gasteiger charge is 2.12. The molecule has 1 heteroatoms. The van der Waals surface area contributed by atoms with Gasteiger partial charge in [-0.3, -0.25) is 0 Å². The third kappa shape index (κ3) is 2.75. The Labute approximate surface area is 162 Å². The van der Waals surface area contributed by atoms with Crippen molar-refractivity contribution in [3.63, 3.8) is 0 Å². The molecule has 0 unspecified atom stereocenters. The van der Waals surface area contributed by atoms with Gasteiger partial charge < -0.3 is 0 Å². The molecule has 0 aromatic heterocycles. The topological polar surface area (TPSA) is 0 Å². The summed E-state index contributed by atoms with van der Waals surface area (Å²) >= 11 is 2.46. The first kappa shape index (κ1) is 15.4. The Balaban J connectivity index is 1.61. The SMILES string of the molecule is IC1=Cc2ccc(-c3ccc4c5c(ccc4c3)C=CCC5)cc2CC1. The Morgan fingerprint density at radius 1 is 0.760 bits per heavy atom. The van der Waals surface area contributed by atoms with Gasteiger partial charge >= 0.3 is 0 Å². The van der Waals surface area contributed by atoms with E-state index in [1.165, 1.54) is 54.2 Å². The average molecular weight is 434 g/mol. The van der Waals surface area contributed by atoms with E-state index in [9.17, 15) is 0 Å². The number of allylic oxidation sites excluding steroid dienone is 2. The zero-order valence-electron chi connectivity index (χ0n) is 14.1. The van der Waals surface area contributed by atoms with E-state index < -0.39 is 0 Å². The second kappa shape index (κ2) is 6.14. The van der Waals surface area contributed by atoms with E-state index in [0.717, 1.165) is 19.3 Å². The fourth-order valence-corrected chi connectivity index (χ4v) is 4.71.